The summed E-state index contributed by atoms with van der Waals surface area (Å²) in [5.74, 6) is 0.709. The van der Waals surface area contributed by atoms with Crippen LogP contribution < -0.4 is 10.6 Å². The summed E-state index contributed by atoms with van der Waals surface area (Å²) in [5.41, 5.74) is 0. The Hall–Kier alpha value is -0.120. The van der Waals surface area contributed by atoms with Crippen LogP contribution in [0.15, 0.2) is 0 Å². The van der Waals surface area contributed by atoms with E-state index in [1.807, 2.05) is 7.05 Å². The maximum atomic E-state index is 5.24. The van der Waals surface area contributed by atoms with E-state index in [1.165, 1.54) is 6.42 Å². The lowest BCUT2D eigenvalue weighted by molar-refractivity contribution is 0.0434. The SMILES string of the molecule is CNCCC1CNCOC1. The summed E-state index contributed by atoms with van der Waals surface area (Å²) in [6.07, 6.45) is 1.21. The predicted molar refractivity (Wildman–Crippen MR) is 40.9 cm³/mol. The van der Waals surface area contributed by atoms with Gasteiger partial charge in [0.05, 0.1) is 13.3 Å². The maximum absolute atomic E-state index is 5.24. The van der Waals surface area contributed by atoms with Crippen LogP contribution in [0.25, 0.3) is 0 Å². The topological polar surface area (TPSA) is 33.3 Å². The van der Waals surface area contributed by atoms with Crippen LogP contribution in [0.1, 0.15) is 6.42 Å². The zero-order valence-electron chi connectivity index (χ0n) is 6.52. The van der Waals surface area contributed by atoms with E-state index in [9.17, 15) is 0 Å². The molecule has 0 amide bonds. The fourth-order valence-corrected chi connectivity index (χ4v) is 1.15. The zero-order valence-corrected chi connectivity index (χ0v) is 6.52. The van der Waals surface area contributed by atoms with Crippen molar-refractivity contribution in [2.24, 2.45) is 5.92 Å². The van der Waals surface area contributed by atoms with Crippen molar-refractivity contribution < 1.29 is 4.74 Å². The fraction of sp³-hybridized carbons (Fsp3) is 1.00. The quantitative estimate of drug-likeness (QED) is 0.575. The molecular formula is C7H16N2O. The van der Waals surface area contributed by atoms with Crippen molar-refractivity contribution in [1.82, 2.24) is 10.6 Å². The molecule has 1 unspecified atom stereocenters. The molecule has 2 N–H and O–H groups in total. The van der Waals surface area contributed by atoms with Gasteiger partial charge in [-0.2, -0.15) is 0 Å². The molecule has 0 aliphatic carbocycles. The lowest BCUT2D eigenvalue weighted by atomic mass is 10.1. The molecule has 3 nitrogen and oxygen atoms in total. The highest BCUT2D eigenvalue weighted by molar-refractivity contribution is 4.64. The Morgan fingerprint density at radius 2 is 2.60 bits per heavy atom. The molecule has 1 fully saturated rings. The van der Waals surface area contributed by atoms with Crippen LogP contribution in [0.3, 0.4) is 0 Å². The monoisotopic (exact) mass is 144 g/mol. The molecule has 0 saturated carbocycles. The minimum absolute atomic E-state index is 0.709. The summed E-state index contributed by atoms with van der Waals surface area (Å²) in [6.45, 7) is 3.86. The smallest absolute Gasteiger partial charge is 0.0965 e. The number of nitrogens with one attached hydrogen (secondary N) is 2. The summed E-state index contributed by atoms with van der Waals surface area (Å²) < 4.78 is 5.24. The summed E-state index contributed by atoms with van der Waals surface area (Å²) in [5, 5.41) is 6.33. The first-order valence-electron chi connectivity index (χ1n) is 3.86. The summed E-state index contributed by atoms with van der Waals surface area (Å²) >= 11 is 0. The highest BCUT2D eigenvalue weighted by atomic mass is 16.5. The number of hydrogen-bond donors (Lipinski definition) is 2. The van der Waals surface area contributed by atoms with E-state index in [-0.39, 0.29) is 0 Å². The van der Waals surface area contributed by atoms with Crippen molar-refractivity contribution >= 4 is 0 Å². The summed E-state index contributed by atoms with van der Waals surface area (Å²) in [4.78, 5) is 0. The van der Waals surface area contributed by atoms with Gasteiger partial charge in [0, 0.05) is 6.54 Å². The Morgan fingerprint density at radius 3 is 3.20 bits per heavy atom. The first-order valence-corrected chi connectivity index (χ1v) is 3.86. The second-order valence-corrected chi connectivity index (χ2v) is 2.73. The minimum Gasteiger partial charge on any atom is -0.366 e. The van der Waals surface area contributed by atoms with Crippen LogP contribution in [0.4, 0.5) is 0 Å². The molecule has 1 rings (SSSR count). The molecule has 1 heterocycles. The Kier molecular flexibility index (Phi) is 3.72. The van der Waals surface area contributed by atoms with Crippen molar-refractivity contribution in [3.8, 4) is 0 Å². The van der Waals surface area contributed by atoms with Gasteiger partial charge in [-0.3, -0.25) is 5.32 Å². The van der Waals surface area contributed by atoms with E-state index in [4.69, 9.17) is 4.74 Å². The Morgan fingerprint density at radius 1 is 1.70 bits per heavy atom. The standard InChI is InChI=1S/C7H16N2O/c1-8-3-2-7-4-9-6-10-5-7/h7-9H,2-6H2,1H3. The van der Waals surface area contributed by atoms with Crippen LogP contribution in [-0.4, -0.2) is 33.5 Å². The Labute approximate surface area is 62.1 Å². The van der Waals surface area contributed by atoms with Gasteiger partial charge in [-0.15, -0.1) is 0 Å². The molecule has 0 aromatic carbocycles. The van der Waals surface area contributed by atoms with Gasteiger partial charge in [-0.05, 0) is 25.9 Å². The van der Waals surface area contributed by atoms with Gasteiger partial charge in [0.15, 0.2) is 0 Å². The van der Waals surface area contributed by atoms with Crippen molar-refractivity contribution in [3.05, 3.63) is 0 Å². The third-order valence-electron chi connectivity index (χ3n) is 1.79. The van der Waals surface area contributed by atoms with Crippen LogP contribution in [0.5, 0.6) is 0 Å². The second-order valence-electron chi connectivity index (χ2n) is 2.73. The van der Waals surface area contributed by atoms with Crippen LogP contribution in [0.2, 0.25) is 0 Å². The number of rotatable bonds is 3. The van der Waals surface area contributed by atoms with E-state index < -0.39 is 0 Å². The van der Waals surface area contributed by atoms with Crippen molar-refractivity contribution in [1.29, 1.82) is 0 Å². The van der Waals surface area contributed by atoms with Crippen LogP contribution in [-0.2, 0) is 4.74 Å². The normalized spacial score (nSPS) is 26.7. The first kappa shape index (κ1) is 7.98. The fourth-order valence-electron chi connectivity index (χ4n) is 1.15. The first-order chi connectivity index (χ1) is 4.93. The lowest BCUT2D eigenvalue weighted by Crippen LogP contribution is -2.36. The molecular weight excluding hydrogens is 128 g/mol. The predicted octanol–water partition coefficient (Wildman–Crippen LogP) is -0.211. The van der Waals surface area contributed by atoms with Gasteiger partial charge in [0.1, 0.15) is 0 Å². The van der Waals surface area contributed by atoms with Crippen LogP contribution in [0, 0.1) is 5.92 Å². The Bertz CT molecular complexity index is 81.7. The highest BCUT2D eigenvalue weighted by Crippen LogP contribution is 2.04. The van der Waals surface area contributed by atoms with Crippen molar-refractivity contribution in [2.45, 2.75) is 6.42 Å². The molecule has 60 valence electrons. The van der Waals surface area contributed by atoms with Gasteiger partial charge < -0.3 is 10.1 Å². The highest BCUT2D eigenvalue weighted by Gasteiger charge is 2.11. The third-order valence-corrected chi connectivity index (χ3v) is 1.79. The molecule has 1 atom stereocenters. The van der Waals surface area contributed by atoms with E-state index in [0.717, 1.165) is 26.4 Å². The van der Waals surface area contributed by atoms with Gasteiger partial charge in [0.25, 0.3) is 0 Å². The van der Waals surface area contributed by atoms with E-state index in [2.05, 4.69) is 10.6 Å². The molecule has 3 heteroatoms. The van der Waals surface area contributed by atoms with Crippen molar-refractivity contribution in [3.63, 3.8) is 0 Å². The molecule has 10 heavy (non-hydrogen) atoms. The van der Waals surface area contributed by atoms with E-state index in [0.29, 0.717) is 5.92 Å². The second kappa shape index (κ2) is 4.66. The molecule has 1 aliphatic rings. The van der Waals surface area contributed by atoms with Crippen molar-refractivity contribution in [2.75, 3.05) is 33.5 Å². The maximum Gasteiger partial charge on any atom is 0.0965 e. The molecule has 1 saturated heterocycles. The molecule has 0 spiro atoms. The van der Waals surface area contributed by atoms with E-state index in [1.54, 1.807) is 0 Å². The lowest BCUT2D eigenvalue weighted by Gasteiger charge is -2.22. The summed E-state index contributed by atoms with van der Waals surface area (Å²) in [7, 11) is 1.98. The van der Waals surface area contributed by atoms with E-state index >= 15 is 0 Å². The Balaban J connectivity index is 2.02. The van der Waals surface area contributed by atoms with Gasteiger partial charge in [-0.25, -0.2) is 0 Å². The summed E-state index contributed by atoms with van der Waals surface area (Å²) in [6, 6.07) is 0. The molecule has 1 aliphatic heterocycles. The average molecular weight is 144 g/mol. The third kappa shape index (κ3) is 2.64. The van der Waals surface area contributed by atoms with Gasteiger partial charge >= 0.3 is 0 Å². The van der Waals surface area contributed by atoms with Crippen LogP contribution >= 0.6 is 0 Å². The molecule has 0 aromatic rings. The van der Waals surface area contributed by atoms with Gasteiger partial charge in [-0.1, -0.05) is 0 Å². The number of ether oxygens (including phenoxy) is 1. The largest absolute Gasteiger partial charge is 0.366 e. The average Bonchev–Trinajstić information content (AvgIpc) is 2.03. The number of hydrogen-bond acceptors (Lipinski definition) is 3. The molecule has 0 radical (unpaired) electrons. The molecule has 0 aromatic heterocycles. The van der Waals surface area contributed by atoms with Gasteiger partial charge in [0.2, 0.25) is 0 Å². The minimum atomic E-state index is 0.709. The molecule has 0 bridgehead atoms. The zero-order chi connectivity index (χ0) is 7.23.